The van der Waals surface area contributed by atoms with Gasteiger partial charge in [-0.1, -0.05) is 66.7 Å². The molecule has 0 spiro atoms. The number of carbonyl (C=O) groups is 1. The van der Waals surface area contributed by atoms with E-state index < -0.39 is 0 Å². The van der Waals surface area contributed by atoms with Crippen molar-refractivity contribution in [2.24, 2.45) is 7.05 Å². The molecule has 4 aromatic rings. The number of benzene rings is 3. The average Bonchev–Trinajstić information content (AvgIpc) is 2.86. The lowest BCUT2D eigenvalue weighted by Gasteiger charge is -2.30. The van der Waals surface area contributed by atoms with Crippen LogP contribution in [-0.2, 0) is 31.2 Å². The first kappa shape index (κ1) is 23.2. The fourth-order valence-electron chi connectivity index (χ4n) is 4.32. The van der Waals surface area contributed by atoms with Crippen LogP contribution in [0.1, 0.15) is 23.7 Å². The largest absolute Gasteiger partial charge is 0.496 e. The number of fused-ring (bicyclic) bond motifs is 1. The van der Waals surface area contributed by atoms with Gasteiger partial charge in [0.2, 0.25) is 5.91 Å². The molecule has 0 saturated heterocycles. The second-order valence-corrected chi connectivity index (χ2v) is 8.47. The fraction of sp³-hybridized carbons (Fsp3) is 0.250. The van der Waals surface area contributed by atoms with Gasteiger partial charge in [0.1, 0.15) is 5.75 Å². The Balaban J connectivity index is 1.66. The quantitative estimate of drug-likeness (QED) is 0.401. The predicted molar refractivity (Wildman–Crippen MR) is 134 cm³/mol. The fourth-order valence-corrected chi connectivity index (χ4v) is 4.32. The molecule has 3 aromatic carbocycles. The van der Waals surface area contributed by atoms with Crippen LogP contribution in [0.2, 0.25) is 0 Å². The number of ether oxygens (including phenoxy) is 1. The zero-order chi connectivity index (χ0) is 24.1. The molecule has 0 fully saturated rings. The van der Waals surface area contributed by atoms with Gasteiger partial charge in [0.05, 0.1) is 24.6 Å². The molecule has 0 aliphatic carbocycles. The Bertz CT molecular complexity index is 1350. The van der Waals surface area contributed by atoms with Crippen molar-refractivity contribution in [2.75, 3.05) is 7.11 Å². The van der Waals surface area contributed by atoms with Gasteiger partial charge in [-0.05, 0) is 36.6 Å². The summed E-state index contributed by atoms with van der Waals surface area (Å²) in [5.41, 5.74) is 2.54. The minimum atomic E-state index is -0.169. The molecule has 0 saturated carbocycles. The molecule has 1 aromatic heterocycles. The number of hydrogen-bond acceptors (Lipinski definition) is 4. The van der Waals surface area contributed by atoms with E-state index in [0.717, 1.165) is 22.3 Å². The van der Waals surface area contributed by atoms with Gasteiger partial charge in [-0.15, -0.1) is 0 Å². The number of para-hydroxylation sites is 1. The molecule has 4 rings (SSSR count). The molecule has 0 aliphatic heterocycles. The van der Waals surface area contributed by atoms with Crippen LogP contribution in [0.25, 0.3) is 10.8 Å². The SMILES string of the molecule is COc1ccccc1CC(C)N(Cc1ccccc1)C(=O)Cc1nn(C)c(=O)c2ccccc12. The van der Waals surface area contributed by atoms with Crippen molar-refractivity contribution in [2.45, 2.75) is 32.4 Å². The summed E-state index contributed by atoms with van der Waals surface area (Å²) in [4.78, 5) is 28.1. The summed E-state index contributed by atoms with van der Waals surface area (Å²) < 4.78 is 6.84. The number of aryl methyl sites for hydroxylation is 1. The van der Waals surface area contributed by atoms with Crippen LogP contribution in [0.5, 0.6) is 5.75 Å². The first-order chi connectivity index (χ1) is 16.5. The normalized spacial score (nSPS) is 11.9. The molecule has 0 N–H and O–H groups in total. The van der Waals surface area contributed by atoms with E-state index in [9.17, 15) is 9.59 Å². The van der Waals surface area contributed by atoms with Crippen LogP contribution in [-0.4, -0.2) is 33.7 Å². The highest BCUT2D eigenvalue weighted by Gasteiger charge is 2.24. The molecular formula is C28H29N3O3. The van der Waals surface area contributed by atoms with Crippen molar-refractivity contribution >= 4 is 16.7 Å². The minimum Gasteiger partial charge on any atom is -0.496 e. The summed E-state index contributed by atoms with van der Waals surface area (Å²) in [5, 5.41) is 5.73. The molecule has 0 radical (unpaired) electrons. The van der Waals surface area contributed by atoms with E-state index in [4.69, 9.17) is 4.74 Å². The van der Waals surface area contributed by atoms with Crippen molar-refractivity contribution in [3.05, 3.63) is 106 Å². The third kappa shape index (κ3) is 5.01. The molecular weight excluding hydrogens is 426 g/mol. The second-order valence-electron chi connectivity index (χ2n) is 8.47. The molecule has 34 heavy (non-hydrogen) atoms. The van der Waals surface area contributed by atoms with E-state index in [-0.39, 0.29) is 23.9 Å². The highest BCUT2D eigenvalue weighted by atomic mass is 16.5. The van der Waals surface area contributed by atoms with Crippen molar-refractivity contribution in [1.82, 2.24) is 14.7 Å². The van der Waals surface area contributed by atoms with Crippen LogP contribution in [0.15, 0.2) is 83.7 Å². The van der Waals surface area contributed by atoms with Gasteiger partial charge in [-0.2, -0.15) is 5.10 Å². The molecule has 0 bridgehead atoms. The summed E-state index contributed by atoms with van der Waals surface area (Å²) in [6.45, 7) is 2.54. The molecule has 1 atom stereocenters. The highest BCUT2D eigenvalue weighted by molar-refractivity contribution is 5.88. The smallest absolute Gasteiger partial charge is 0.274 e. The highest BCUT2D eigenvalue weighted by Crippen LogP contribution is 2.23. The lowest BCUT2D eigenvalue weighted by atomic mass is 10.0. The third-order valence-corrected chi connectivity index (χ3v) is 6.11. The van der Waals surface area contributed by atoms with E-state index >= 15 is 0 Å². The molecule has 6 heteroatoms. The minimum absolute atomic E-state index is 0.0393. The van der Waals surface area contributed by atoms with Gasteiger partial charge < -0.3 is 9.64 Å². The topological polar surface area (TPSA) is 64.4 Å². The standard InChI is InChI=1S/C28H29N3O3/c1-20(17-22-13-7-10-16-26(22)34-3)31(19-21-11-5-4-6-12-21)27(32)18-25-23-14-8-9-15-24(23)28(33)30(2)29-25/h4-16,20H,17-19H2,1-3H3. The maximum Gasteiger partial charge on any atom is 0.274 e. The van der Waals surface area contributed by atoms with E-state index in [1.54, 1.807) is 20.2 Å². The molecule has 6 nitrogen and oxygen atoms in total. The lowest BCUT2D eigenvalue weighted by Crippen LogP contribution is -2.40. The Morgan fingerprint density at radius 3 is 2.35 bits per heavy atom. The number of carbonyl (C=O) groups excluding carboxylic acids is 1. The predicted octanol–water partition coefficient (Wildman–Crippen LogP) is 4.14. The summed E-state index contributed by atoms with van der Waals surface area (Å²) in [7, 11) is 3.28. The molecule has 1 unspecified atom stereocenters. The Hall–Kier alpha value is -3.93. The Labute approximate surface area is 199 Å². The first-order valence-corrected chi connectivity index (χ1v) is 11.4. The second kappa shape index (κ2) is 10.3. The zero-order valence-corrected chi connectivity index (χ0v) is 19.8. The monoisotopic (exact) mass is 455 g/mol. The number of nitrogens with zero attached hydrogens (tertiary/aromatic N) is 3. The number of rotatable bonds is 8. The molecule has 174 valence electrons. The van der Waals surface area contributed by atoms with Crippen LogP contribution in [0.3, 0.4) is 0 Å². The summed E-state index contributed by atoms with van der Waals surface area (Å²) in [6.07, 6.45) is 0.766. The van der Waals surface area contributed by atoms with Gasteiger partial charge in [-0.25, -0.2) is 4.68 Å². The summed E-state index contributed by atoms with van der Waals surface area (Å²) >= 11 is 0. The Morgan fingerprint density at radius 2 is 1.62 bits per heavy atom. The van der Waals surface area contributed by atoms with Crippen LogP contribution < -0.4 is 10.3 Å². The van der Waals surface area contributed by atoms with Crippen LogP contribution >= 0.6 is 0 Å². The van der Waals surface area contributed by atoms with Gasteiger partial charge in [-0.3, -0.25) is 9.59 Å². The molecule has 0 aliphatic rings. The van der Waals surface area contributed by atoms with Gasteiger partial charge in [0.15, 0.2) is 0 Å². The maximum absolute atomic E-state index is 13.7. The first-order valence-electron chi connectivity index (χ1n) is 11.4. The van der Waals surface area contributed by atoms with E-state index in [1.807, 2.05) is 77.7 Å². The van der Waals surface area contributed by atoms with E-state index in [0.29, 0.717) is 24.0 Å². The number of aromatic nitrogens is 2. The third-order valence-electron chi connectivity index (χ3n) is 6.11. The summed E-state index contributed by atoms with van der Waals surface area (Å²) in [5.74, 6) is 0.773. The zero-order valence-electron chi connectivity index (χ0n) is 19.8. The van der Waals surface area contributed by atoms with Crippen molar-refractivity contribution in [3.8, 4) is 5.75 Å². The van der Waals surface area contributed by atoms with Gasteiger partial charge in [0.25, 0.3) is 5.56 Å². The number of amides is 1. The van der Waals surface area contributed by atoms with Crippen LogP contribution in [0.4, 0.5) is 0 Å². The Kier molecular flexibility index (Phi) is 7.07. The van der Waals surface area contributed by atoms with E-state index in [2.05, 4.69) is 12.0 Å². The number of hydrogen-bond donors (Lipinski definition) is 0. The van der Waals surface area contributed by atoms with Gasteiger partial charge in [0, 0.05) is 25.0 Å². The van der Waals surface area contributed by atoms with Crippen molar-refractivity contribution < 1.29 is 9.53 Å². The maximum atomic E-state index is 13.7. The molecule has 1 heterocycles. The number of methoxy groups -OCH3 is 1. The van der Waals surface area contributed by atoms with Crippen LogP contribution in [0, 0.1) is 0 Å². The molecule has 1 amide bonds. The average molecular weight is 456 g/mol. The summed E-state index contributed by atoms with van der Waals surface area (Å²) in [6, 6.07) is 25.1. The van der Waals surface area contributed by atoms with Gasteiger partial charge >= 0.3 is 0 Å². The Morgan fingerprint density at radius 1 is 0.971 bits per heavy atom. The lowest BCUT2D eigenvalue weighted by molar-refractivity contribution is -0.133. The van der Waals surface area contributed by atoms with Crippen molar-refractivity contribution in [3.63, 3.8) is 0 Å². The van der Waals surface area contributed by atoms with Crippen molar-refractivity contribution in [1.29, 1.82) is 0 Å². The van der Waals surface area contributed by atoms with E-state index in [1.165, 1.54) is 4.68 Å².